The van der Waals surface area contributed by atoms with E-state index in [1.54, 1.807) is 13.1 Å². The van der Waals surface area contributed by atoms with Gasteiger partial charge in [-0.3, -0.25) is 4.79 Å². The number of carbonyl (C=O) groups is 1. The summed E-state index contributed by atoms with van der Waals surface area (Å²) in [4.78, 5) is 13.1. The van der Waals surface area contributed by atoms with E-state index in [0.717, 1.165) is 12.0 Å². The molecule has 0 bridgehead atoms. The molecule has 7 heteroatoms. The standard InChI is InChI=1S/C16H20ClF2NO3/c1-4-6-12(7-15(21)22-5-2)9-20-10-13(17)8-14(11(20)3)23-16(18)19/h8-10,16H,3-7H2,1-2H3/b12-9+. The molecule has 0 atom stereocenters. The molecule has 0 spiro atoms. The molecule has 4 nitrogen and oxygen atoms in total. The summed E-state index contributed by atoms with van der Waals surface area (Å²) >= 11 is 5.93. The largest absolute Gasteiger partial charge is 0.466 e. The topological polar surface area (TPSA) is 38.8 Å². The van der Waals surface area contributed by atoms with Gasteiger partial charge in [0.15, 0.2) is 5.76 Å². The van der Waals surface area contributed by atoms with Crippen molar-refractivity contribution in [3.8, 4) is 0 Å². The molecule has 23 heavy (non-hydrogen) atoms. The lowest BCUT2D eigenvalue weighted by Gasteiger charge is -2.25. The third-order valence-electron chi connectivity index (χ3n) is 2.91. The van der Waals surface area contributed by atoms with Crippen molar-refractivity contribution in [2.24, 2.45) is 0 Å². The first-order valence-electron chi connectivity index (χ1n) is 7.24. The van der Waals surface area contributed by atoms with Crippen molar-refractivity contribution in [3.63, 3.8) is 0 Å². The van der Waals surface area contributed by atoms with Gasteiger partial charge >= 0.3 is 12.6 Å². The van der Waals surface area contributed by atoms with Crippen molar-refractivity contribution in [1.29, 1.82) is 0 Å². The van der Waals surface area contributed by atoms with E-state index in [1.165, 1.54) is 17.2 Å². The lowest BCUT2D eigenvalue weighted by molar-refractivity contribution is -0.142. The van der Waals surface area contributed by atoms with Crippen LogP contribution < -0.4 is 0 Å². The van der Waals surface area contributed by atoms with Crippen LogP contribution in [0.1, 0.15) is 33.1 Å². The fourth-order valence-corrected chi connectivity index (χ4v) is 2.22. The summed E-state index contributed by atoms with van der Waals surface area (Å²) in [5.74, 6) is -0.458. The summed E-state index contributed by atoms with van der Waals surface area (Å²) in [6, 6.07) is 0. The second-order valence-corrected chi connectivity index (χ2v) is 5.21. The molecule has 128 valence electrons. The van der Waals surface area contributed by atoms with E-state index in [1.807, 2.05) is 6.92 Å². The molecule has 0 saturated heterocycles. The molecular weight excluding hydrogens is 328 g/mol. The molecule has 0 aromatic rings. The second kappa shape index (κ2) is 9.35. The maximum Gasteiger partial charge on any atom is 0.387 e. The fraction of sp³-hybridized carbons (Fsp3) is 0.438. The highest BCUT2D eigenvalue weighted by molar-refractivity contribution is 6.31. The molecule has 0 aromatic carbocycles. The predicted octanol–water partition coefficient (Wildman–Crippen LogP) is 4.66. The monoisotopic (exact) mass is 347 g/mol. The van der Waals surface area contributed by atoms with Gasteiger partial charge in [0.05, 0.1) is 23.8 Å². The smallest absolute Gasteiger partial charge is 0.387 e. The van der Waals surface area contributed by atoms with Crippen molar-refractivity contribution in [1.82, 2.24) is 4.90 Å². The highest BCUT2D eigenvalue weighted by atomic mass is 35.5. The van der Waals surface area contributed by atoms with Crippen LogP contribution in [-0.4, -0.2) is 24.1 Å². The van der Waals surface area contributed by atoms with Crippen LogP contribution in [0, 0.1) is 0 Å². The molecule has 0 amide bonds. The van der Waals surface area contributed by atoms with Gasteiger partial charge in [0.25, 0.3) is 0 Å². The van der Waals surface area contributed by atoms with Crippen LogP contribution in [0.15, 0.2) is 47.1 Å². The van der Waals surface area contributed by atoms with E-state index in [2.05, 4.69) is 11.3 Å². The molecule has 0 fully saturated rings. The summed E-state index contributed by atoms with van der Waals surface area (Å²) in [7, 11) is 0. The van der Waals surface area contributed by atoms with Gasteiger partial charge in [-0.1, -0.05) is 31.5 Å². The van der Waals surface area contributed by atoms with Crippen LogP contribution in [0.3, 0.4) is 0 Å². The SMILES string of the molecule is C=C1C(OC(F)F)=CC(Cl)=CN1/C=C(\CCC)CC(=O)OCC. The highest BCUT2D eigenvalue weighted by Crippen LogP contribution is 2.28. The number of halogens is 3. The van der Waals surface area contributed by atoms with E-state index in [9.17, 15) is 13.6 Å². The van der Waals surface area contributed by atoms with Crippen molar-refractivity contribution >= 4 is 17.6 Å². The predicted molar refractivity (Wildman–Crippen MR) is 84.3 cm³/mol. The summed E-state index contributed by atoms with van der Waals surface area (Å²) < 4.78 is 34.2. The van der Waals surface area contributed by atoms with Gasteiger partial charge in [0.1, 0.15) is 0 Å². The maximum atomic E-state index is 12.4. The van der Waals surface area contributed by atoms with Crippen LogP contribution >= 0.6 is 11.6 Å². The minimum atomic E-state index is -2.97. The Morgan fingerprint density at radius 1 is 1.48 bits per heavy atom. The minimum absolute atomic E-state index is 0.115. The van der Waals surface area contributed by atoms with Crippen LogP contribution in [-0.2, 0) is 14.3 Å². The Morgan fingerprint density at radius 2 is 2.17 bits per heavy atom. The van der Waals surface area contributed by atoms with E-state index >= 15 is 0 Å². The summed E-state index contributed by atoms with van der Waals surface area (Å²) in [5, 5.41) is 0.219. The van der Waals surface area contributed by atoms with Crippen LogP contribution in [0.4, 0.5) is 8.78 Å². The van der Waals surface area contributed by atoms with Gasteiger partial charge in [-0.05, 0) is 18.9 Å². The Labute approximate surface area is 139 Å². The average molecular weight is 348 g/mol. The Hall–Kier alpha value is -1.82. The van der Waals surface area contributed by atoms with Crippen molar-refractivity contribution in [3.05, 3.63) is 47.1 Å². The number of nitrogens with zero attached hydrogens (tertiary/aromatic N) is 1. The third kappa shape index (κ3) is 6.44. The lowest BCUT2D eigenvalue weighted by Crippen LogP contribution is -2.18. The number of allylic oxidation sites excluding steroid dienone is 2. The molecule has 0 N–H and O–H groups in total. The van der Waals surface area contributed by atoms with E-state index in [0.29, 0.717) is 13.0 Å². The quantitative estimate of drug-likeness (QED) is 0.599. The van der Waals surface area contributed by atoms with Crippen LogP contribution in [0.2, 0.25) is 0 Å². The normalized spacial score (nSPS) is 15.5. The number of hydrogen-bond donors (Lipinski definition) is 0. The summed E-state index contributed by atoms with van der Waals surface area (Å²) in [5.41, 5.74) is 0.998. The Kier molecular flexibility index (Phi) is 7.81. The summed E-state index contributed by atoms with van der Waals surface area (Å²) in [6.45, 7) is 4.76. The first-order chi connectivity index (χ1) is 10.9. The van der Waals surface area contributed by atoms with E-state index in [-0.39, 0.29) is 28.9 Å². The number of carbonyl (C=O) groups excluding carboxylic acids is 1. The number of esters is 1. The van der Waals surface area contributed by atoms with Crippen molar-refractivity contribution in [2.45, 2.75) is 39.7 Å². The zero-order chi connectivity index (χ0) is 17.4. The third-order valence-corrected chi connectivity index (χ3v) is 3.12. The van der Waals surface area contributed by atoms with Gasteiger partial charge in [-0.2, -0.15) is 8.78 Å². The Morgan fingerprint density at radius 3 is 2.74 bits per heavy atom. The molecule has 1 aliphatic rings. The fourth-order valence-electron chi connectivity index (χ4n) is 2.01. The molecule has 0 unspecified atom stereocenters. The van der Waals surface area contributed by atoms with Gasteiger partial charge in [-0.25, -0.2) is 0 Å². The number of ether oxygens (including phenoxy) is 2. The molecule has 1 aliphatic heterocycles. The first kappa shape index (κ1) is 19.2. The van der Waals surface area contributed by atoms with Crippen molar-refractivity contribution in [2.75, 3.05) is 6.61 Å². The molecule has 1 heterocycles. The molecule has 0 aromatic heterocycles. The molecule has 0 aliphatic carbocycles. The zero-order valence-corrected chi connectivity index (χ0v) is 13.9. The maximum absolute atomic E-state index is 12.4. The number of rotatable bonds is 8. The van der Waals surface area contributed by atoms with E-state index in [4.69, 9.17) is 16.3 Å². The average Bonchev–Trinajstić information content (AvgIpc) is 2.43. The minimum Gasteiger partial charge on any atom is -0.466 e. The molecule has 1 rings (SSSR count). The van der Waals surface area contributed by atoms with Crippen molar-refractivity contribution < 1.29 is 23.0 Å². The second-order valence-electron chi connectivity index (χ2n) is 4.77. The molecular formula is C16H20ClF2NO3. The molecule has 0 radical (unpaired) electrons. The first-order valence-corrected chi connectivity index (χ1v) is 7.61. The van der Waals surface area contributed by atoms with Crippen LogP contribution in [0.25, 0.3) is 0 Å². The molecule has 0 saturated carbocycles. The highest BCUT2D eigenvalue weighted by Gasteiger charge is 2.20. The van der Waals surface area contributed by atoms with Crippen LogP contribution in [0.5, 0.6) is 0 Å². The Balaban J connectivity index is 2.95. The van der Waals surface area contributed by atoms with E-state index < -0.39 is 6.61 Å². The van der Waals surface area contributed by atoms with Gasteiger partial charge < -0.3 is 14.4 Å². The Bertz CT molecular complexity index is 541. The number of alkyl halides is 2. The zero-order valence-electron chi connectivity index (χ0n) is 13.2. The van der Waals surface area contributed by atoms with Gasteiger partial charge in [0, 0.05) is 18.5 Å². The number of hydrogen-bond acceptors (Lipinski definition) is 4. The van der Waals surface area contributed by atoms with Gasteiger partial charge in [0.2, 0.25) is 0 Å². The lowest BCUT2D eigenvalue weighted by atomic mass is 10.1. The van der Waals surface area contributed by atoms with Gasteiger partial charge in [-0.15, -0.1) is 0 Å². The summed E-state index contributed by atoms with van der Waals surface area (Å²) in [6.07, 6.45) is 6.02.